The smallest absolute Gasteiger partial charge is 0.269 e. The number of carbonyl (C=O) groups excluding carboxylic acids is 1. The lowest BCUT2D eigenvalue weighted by Gasteiger charge is -2.24. The number of fused-ring (bicyclic) bond motifs is 3. The number of para-hydroxylation sites is 1. The van der Waals surface area contributed by atoms with E-state index in [2.05, 4.69) is 24.4 Å². The Bertz CT molecular complexity index is 1480. The Kier molecular flexibility index (Phi) is 5.85. The summed E-state index contributed by atoms with van der Waals surface area (Å²) in [5.41, 5.74) is 7.44. The van der Waals surface area contributed by atoms with Crippen LogP contribution >= 0.6 is 12.2 Å². The average Bonchev–Trinajstić information content (AvgIpc) is 3.23. The third kappa shape index (κ3) is 4.31. The van der Waals surface area contributed by atoms with Crippen molar-refractivity contribution in [1.29, 1.82) is 0 Å². The minimum atomic E-state index is -0.198. The highest BCUT2D eigenvalue weighted by Crippen LogP contribution is 2.33. The van der Waals surface area contributed by atoms with Gasteiger partial charge in [-0.2, -0.15) is 0 Å². The normalized spacial score (nSPS) is 16.4. The van der Waals surface area contributed by atoms with Gasteiger partial charge in [0, 0.05) is 23.0 Å². The van der Waals surface area contributed by atoms with Gasteiger partial charge in [0.2, 0.25) is 0 Å². The van der Waals surface area contributed by atoms with E-state index in [1.165, 1.54) is 12.0 Å². The molecule has 0 radical (unpaired) electrons. The molecular formula is C29H26N4O2S. The van der Waals surface area contributed by atoms with Gasteiger partial charge in [-0.1, -0.05) is 18.2 Å². The number of hydrogen-bond donors (Lipinski definition) is 1. The van der Waals surface area contributed by atoms with Crippen LogP contribution in [0.25, 0.3) is 11.0 Å². The van der Waals surface area contributed by atoms with Crippen LogP contribution in [0.15, 0.2) is 66.7 Å². The minimum Gasteiger partial charge on any atom is -0.432 e. The molecule has 0 bridgehead atoms. The molecule has 180 valence electrons. The number of ether oxygens (including phenoxy) is 1. The number of aromatic nitrogens is 2. The van der Waals surface area contributed by atoms with Crippen molar-refractivity contribution >= 4 is 45.7 Å². The molecule has 0 spiro atoms. The average molecular weight is 495 g/mol. The summed E-state index contributed by atoms with van der Waals surface area (Å²) >= 11 is 5.61. The Morgan fingerprint density at radius 1 is 0.972 bits per heavy atom. The first-order chi connectivity index (χ1) is 17.5. The van der Waals surface area contributed by atoms with Crippen LogP contribution in [0.1, 0.15) is 47.1 Å². The standard InChI is InChI=1S/C29H26N4O2S/c1-18-16-20-6-2-5-9-27(20)33(18)29(36)35-22-13-10-19(11-14-22)28(34)30-21-12-15-25-26(17-21)32-24-8-4-3-7-23(24)31-25/h2,5-6,9-15,17-18H,3-4,7-8,16H2,1H3,(H,30,34)/t18-/m0/s1. The number of thiocarbonyl (C=S) groups is 1. The van der Waals surface area contributed by atoms with Crippen LogP contribution in [0.3, 0.4) is 0 Å². The van der Waals surface area contributed by atoms with Crippen molar-refractivity contribution in [1.82, 2.24) is 9.97 Å². The second-order valence-electron chi connectivity index (χ2n) is 9.43. The van der Waals surface area contributed by atoms with Gasteiger partial charge in [0.05, 0.1) is 22.4 Å². The molecule has 2 heterocycles. The molecule has 1 aromatic heterocycles. The molecule has 1 aliphatic heterocycles. The summed E-state index contributed by atoms with van der Waals surface area (Å²) in [6.07, 6.45) is 5.21. The monoisotopic (exact) mass is 494 g/mol. The van der Waals surface area contributed by atoms with Gasteiger partial charge in [-0.15, -0.1) is 0 Å². The third-order valence-electron chi connectivity index (χ3n) is 6.88. The molecule has 7 heteroatoms. The van der Waals surface area contributed by atoms with Crippen LogP contribution in [0.4, 0.5) is 11.4 Å². The number of aryl methyl sites for hydroxylation is 2. The van der Waals surface area contributed by atoms with E-state index in [9.17, 15) is 4.79 Å². The number of rotatable bonds is 3. The number of benzene rings is 3. The number of hydrogen-bond acceptors (Lipinski definition) is 5. The predicted octanol–water partition coefficient (Wildman–Crippen LogP) is 5.88. The van der Waals surface area contributed by atoms with Crippen molar-refractivity contribution in [2.45, 2.75) is 45.1 Å². The fourth-order valence-corrected chi connectivity index (χ4v) is 5.44. The molecule has 1 N–H and O–H groups in total. The zero-order valence-corrected chi connectivity index (χ0v) is 20.8. The van der Waals surface area contributed by atoms with Crippen LogP contribution in [0.5, 0.6) is 5.75 Å². The molecule has 0 unspecified atom stereocenters. The maximum atomic E-state index is 12.9. The summed E-state index contributed by atoms with van der Waals surface area (Å²) in [6, 6.07) is 21.2. The summed E-state index contributed by atoms with van der Waals surface area (Å²) < 4.78 is 5.98. The molecule has 0 saturated carbocycles. The van der Waals surface area contributed by atoms with E-state index < -0.39 is 0 Å². The quantitative estimate of drug-likeness (QED) is 0.359. The van der Waals surface area contributed by atoms with E-state index in [1.54, 1.807) is 24.3 Å². The second-order valence-corrected chi connectivity index (χ2v) is 9.78. The molecule has 3 aromatic carbocycles. The molecule has 1 aliphatic carbocycles. The summed E-state index contributed by atoms with van der Waals surface area (Å²) in [5, 5.41) is 3.38. The lowest BCUT2D eigenvalue weighted by atomic mass is 10.0. The Balaban J connectivity index is 1.14. The van der Waals surface area contributed by atoms with Gasteiger partial charge in [0.25, 0.3) is 11.1 Å². The van der Waals surface area contributed by atoms with E-state index in [-0.39, 0.29) is 11.9 Å². The maximum Gasteiger partial charge on any atom is 0.269 e. The summed E-state index contributed by atoms with van der Waals surface area (Å²) in [5.74, 6) is 0.398. The van der Waals surface area contributed by atoms with Crippen molar-refractivity contribution < 1.29 is 9.53 Å². The Morgan fingerprint density at radius 3 is 2.47 bits per heavy atom. The molecular weight excluding hydrogens is 468 g/mol. The molecule has 1 atom stereocenters. The van der Waals surface area contributed by atoms with Crippen LogP contribution < -0.4 is 15.0 Å². The molecule has 0 saturated heterocycles. The van der Waals surface area contributed by atoms with Crippen molar-refractivity contribution in [2.75, 3.05) is 10.2 Å². The lowest BCUT2D eigenvalue weighted by molar-refractivity contribution is 0.102. The van der Waals surface area contributed by atoms with Crippen LogP contribution in [-0.2, 0) is 19.3 Å². The van der Waals surface area contributed by atoms with Crippen LogP contribution in [0, 0.1) is 0 Å². The third-order valence-corrected chi connectivity index (χ3v) is 7.16. The zero-order valence-electron chi connectivity index (χ0n) is 20.0. The van der Waals surface area contributed by atoms with Gasteiger partial charge in [-0.3, -0.25) is 9.69 Å². The Hall–Kier alpha value is -3.84. The number of anilines is 2. The summed E-state index contributed by atoms with van der Waals surface area (Å²) in [6.45, 7) is 2.14. The van der Waals surface area contributed by atoms with Gasteiger partial charge in [-0.05, 0) is 105 Å². The first kappa shape index (κ1) is 22.6. The predicted molar refractivity (Wildman–Crippen MR) is 146 cm³/mol. The van der Waals surface area contributed by atoms with Gasteiger partial charge in [0.1, 0.15) is 5.75 Å². The number of carbonyl (C=O) groups is 1. The summed E-state index contributed by atoms with van der Waals surface area (Å²) in [7, 11) is 0. The number of nitrogens with one attached hydrogen (secondary N) is 1. The number of nitrogens with zero attached hydrogens (tertiary/aromatic N) is 3. The molecule has 0 fully saturated rings. The molecule has 36 heavy (non-hydrogen) atoms. The van der Waals surface area contributed by atoms with Gasteiger partial charge < -0.3 is 10.1 Å². The van der Waals surface area contributed by atoms with Crippen LogP contribution in [0.2, 0.25) is 0 Å². The van der Waals surface area contributed by atoms with E-state index in [4.69, 9.17) is 26.9 Å². The second kappa shape index (κ2) is 9.32. The fraction of sp³-hybridized carbons (Fsp3) is 0.241. The minimum absolute atomic E-state index is 0.198. The topological polar surface area (TPSA) is 67.3 Å². The Labute approximate surface area is 215 Å². The van der Waals surface area contributed by atoms with E-state index in [0.717, 1.165) is 53.8 Å². The van der Waals surface area contributed by atoms with Gasteiger partial charge in [0.15, 0.2) is 0 Å². The summed E-state index contributed by atoms with van der Waals surface area (Å²) in [4.78, 5) is 24.5. The van der Waals surface area contributed by atoms with E-state index in [1.807, 2.05) is 35.2 Å². The molecule has 1 amide bonds. The van der Waals surface area contributed by atoms with Crippen molar-refractivity contribution in [2.24, 2.45) is 0 Å². The highest BCUT2D eigenvalue weighted by Gasteiger charge is 2.29. The van der Waals surface area contributed by atoms with Crippen molar-refractivity contribution in [3.05, 3.63) is 89.2 Å². The SMILES string of the molecule is C[C@H]1Cc2ccccc2N1C(=S)Oc1ccc(C(=O)Nc2ccc3nc4c(nc3c2)CCCC4)cc1. The molecule has 4 aromatic rings. The molecule has 6 nitrogen and oxygen atoms in total. The largest absolute Gasteiger partial charge is 0.432 e. The molecule has 6 rings (SSSR count). The van der Waals surface area contributed by atoms with Crippen molar-refractivity contribution in [3.8, 4) is 5.75 Å². The fourth-order valence-electron chi connectivity index (χ4n) is 5.06. The first-order valence-electron chi connectivity index (χ1n) is 12.3. The Morgan fingerprint density at radius 2 is 1.69 bits per heavy atom. The maximum absolute atomic E-state index is 12.9. The van der Waals surface area contributed by atoms with E-state index in [0.29, 0.717) is 22.2 Å². The highest BCUT2D eigenvalue weighted by atomic mass is 32.1. The zero-order chi connectivity index (χ0) is 24.6. The molecule has 2 aliphatic rings. The lowest BCUT2D eigenvalue weighted by Crippen LogP contribution is -2.37. The number of amides is 1. The van der Waals surface area contributed by atoms with Gasteiger partial charge in [-0.25, -0.2) is 9.97 Å². The highest BCUT2D eigenvalue weighted by molar-refractivity contribution is 7.80. The van der Waals surface area contributed by atoms with Crippen LogP contribution in [-0.4, -0.2) is 27.1 Å². The van der Waals surface area contributed by atoms with E-state index >= 15 is 0 Å². The van der Waals surface area contributed by atoms with Crippen molar-refractivity contribution in [3.63, 3.8) is 0 Å². The van der Waals surface area contributed by atoms with Gasteiger partial charge >= 0.3 is 0 Å². The first-order valence-corrected chi connectivity index (χ1v) is 12.8.